The molecule has 0 aliphatic heterocycles. The first kappa shape index (κ1) is 36.7. The molecule has 0 heterocycles. The van der Waals surface area contributed by atoms with Crippen LogP contribution in [0.4, 0.5) is 0 Å². The average molecular weight is 928 g/mol. The third-order valence-electron chi connectivity index (χ3n) is 15.2. The van der Waals surface area contributed by atoms with Crippen LogP contribution in [0.5, 0.6) is 0 Å². The molecule has 0 radical (unpaired) electrons. The molecule has 2 aliphatic carbocycles. The van der Waals surface area contributed by atoms with E-state index in [4.69, 9.17) is 0 Å². The molecule has 0 spiro atoms. The van der Waals surface area contributed by atoms with Crippen LogP contribution in [0.25, 0.3) is 56.7 Å². The fourth-order valence-corrected chi connectivity index (χ4v) is 59.1. The Balaban J connectivity index is 1.27. The minimum absolute atomic E-state index is 0.118. The molecular formula is C56H48HfSi. The molecule has 2 aliphatic rings. The van der Waals surface area contributed by atoms with Gasteiger partial charge in [0.05, 0.1) is 0 Å². The van der Waals surface area contributed by atoms with Gasteiger partial charge in [0.2, 0.25) is 0 Å². The van der Waals surface area contributed by atoms with E-state index in [1.54, 1.807) is 0 Å². The van der Waals surface area contributed by atoms with Crippen molar-refractivity contribution in [2.75, 3.05) is 0 Å². The molecule has 0 N–H and O–H groups in total. The van der Waals surface area contributed by atoms with Gasteiger partial charge in [-0.05, 0) is 0 Å². The van der Waals surface area contributed by atoms with E-state index < -0.39 is 14.2 Å². The molecule has 8 aromatic rings. The first-order valence-electron chi connectivity index (χ1n) is 20.7. The van der Waals surface area contributed by atoms with Gasteiger partial charge in [0.25, 0.3) is 0 Å². The molecule has 2 heteroatoms. The number of hydrogen-bond acceptors (Lipinski definition) is 0. The van der Waals surface area contributed by atoms with Crippen LogP contribution in [0, 0.1) is 0 Å². The van der Waals surface area contributed by atoms with Gasteiger partial charge in [-0.25, -0.2) is 0 Å². The van der Waals surface area contributed by atoms with E-state index in [-0.39, 0.29) is 7.35 Å². The van der Waals surface area contributed by atoms with Crippen molar-refractivity contribution in [2.24, 2.45) is 0 Å². The molecular weight excluding hydrogens is 879 g/mol. The van der Waals surface area contributed by atoms with Gasteiger partial charge in [0.15, 0.2) is 0 Å². The maximum absolute atomic E-state index is 6.11. The van der Waals surface area contributed by atoms with Gasteiger partial charge < -0.3 is 0 Å². The third-order valence-corrected chi connectivity index (χ3v) is 72.3. The van der Waals surface area contributed by atoms with Crippen molar-refractivity contribution >= 4 is 25.7 Å². The van der Waals surface area contributed by atoms with E-state index in [1.807, 2.05) is 0 Å². The first-order valence-corrected chi connectivity index (χ1v) is 44.0. The Morgan fingerprint density at radius 1 is 0.328 bits per heavy atom. The van der Waals surface area contributed by atoms with E-state index >= 15 is 0 Å². The quantitative estimate of drug-likeness (QED) is 0.133. The first-order chi connectivity index (χ1) is 28.2. The Hall–Kier alpha value is -5.67. The van der Waals surface area contributed by atoms with Gasteiger partial charge in [-0.3, -0.25) is 0 Å². The summed E-state index contributed by atoms with van der Waals surface area (Å²) in [4.78, 5) is 0. The molecule has 10 rings (SSSR count). The Bertz CT molecular complexity index is 2870. The molecule has 280 valence electrons. The summed E-state index contributed by atoms with van der Waals surface area (Å²) in [6.07, 6.45) is 10.2. The zero-order chi connectivity index (χ0) is 39.5. The average Bonchev–Trinajstić information content (AvgIpc) is 3.96. The number of allylic oxidation sites excluding steroid dienone is 2. The number of rotatable bonds is 8. The summed E-state index contributed by atoms with van der Waals surface area (Å²) in [7, 11) is 0. The van der Waals surface area contributed by atoms with E-state index in [1.165, 1.54) is 73.4 Å². The van der Waals surface area contributed by atoms with Crippen molar-refractivity contribution in [1.82, 2.24) is 0 Å². The van der Waals surface area contributed by atoms with Gasteiger partial charge in [0.1, 0.15) is 0 Å². The van der Waals surface area contributed by atoms with Crippen molar-refractivity contribution in [3.63, 3.8) is 0 Å². The van der Waals surface area contributed by atoms with Crippen LogP contribution in [-0.2, 0) is 14.2 Å². The fraction of sp³-hybridized carbons (Fsp3) is 0.0714. The number of hydrogen-bond donors (Lipinski definition) is 0. The molecule has 0 bridgehead atoms. The predicted octanol–water partition coefficient (Wildman–Crippen LogP) is 13.2. The Kier molecular flexibility index (Phi) is 8.00. The van der Waals surface area contributed by atoms with E-state index in [0.717, 1.165) is 0 Å². The predicted molar refractivity (Wildman–Crippen MR) is 251 cm³/mol. The van der Waals surface area contributed by atoms with Crippen molar-refractivity contribution in [3.8, 4) is 44.5 Å². The zero-order valence-corrected chi connectivity index (χ0v) is 38.3. The van der Waals surface area contributed by atoms with Crippen molar-refractivity contribution < 1.29 is 14.2 Å². The molecule has 58 heavy (non-hydrogen) atoms. The maximum atomic E-state index is 2.80. The Morgan fingerprint density at radius 3 is 1.02 bits per heavy atom. The summed E-state index contributed by atoms with van der Waals surface area (Å²) in [5.74, 6) is 0. The number of benzene rings is 8. The number of fused-ring (bicyclic) bond motifs is 2. The SMILES string of the molecule is [CH3][Hf]([CH3])(=[SiH2])([c]1ccccc1)([c]1ccccc1)([CH]1C=Cc2c(-c3ccccc3-c3ccccc3)cccc21)[CH]1C=Cc2c(-c3ccccc3-c3ccccc3)cccc21. The zero-order valence-electron chi connectivity index (χ0n) is 33.3. The molecule has 0 amide bonds. The van der Waals surface area contributed by atoms with Crippen molar-refractivity contribution in [1.29, 1.82) is 0 Å². The van der Waals surface area contributed by atoms with Crippen LogP contribution < -0.4 is 6.64 Å². The molecule has 0 nitrogen and oxygen atoms in total. The summed E-state index contributed by atoms with van der Waals surface area (Å²) in [5.41, 5.74) is 15.6. The normalized spacial score (nSPS) is 17.4. The molecule has 2 unspecified atom stereocenters. The molecule has 0 saturated carbocycles. The van der Waals surface area contributed by atoms with Crippen LogP contribution in [0.15, 0.2) is 218 Å². The van der Waals surface area contributed by atoms with Crippen LogP contribution in [0.3, 0.4) is 0 Å². The molecule has 0 saturated heterocycles. The second-order valence-electron chi connectivity index (χ2n) is 18.8. The van der Waals surface area contributed by atoms with Gasteiger partial charge in [-0.15, -0.1) is 0 Å². The monoisotopic (exact) mass is 928 g/mol. The summed E-state index contributed by atoms with van der Waals surface area (Å²) < 4.78 is 8.80. The molecule has 8 aromatic carbocycles. The standard InChI is InChI=1S/2C21H15.2C6H5.2CH3.Hf.H2Si/c2*1-2-8-16(9-3-1)18-12-4-5-13-20(18)21-15-7-11-17-10-6-14-19(17)21;2*1-2-4-6-5-3-1;;;;/h2*1-15H;2*1-5H;2*1H3;;1H2. The Morgan fingerprint density at radius 2 is 0.638 bits per heavy atom. The van der Waals surface area contributed by atoms with Crippen LogP contribution in [-0.4, -0.2) is 6.94 Å². The third kappa shape index (κ3) is 4.88. The van der Waals surface area contributed by atoms with Crippen molar-refractivity contribution in [2.45, 2.75) is 16.7 Å². The Labute approximate surface area is 339 Å². The summed E-state index contributed by atoms with van der Waals surface area (Å²) >= 11 is -6.11. The molecule has 0 fully saturated rings. The summed E-state index contributed by atoms with van der Waals surface area (Å²) in [6.45, 7) is 2.42. The summed E-state index contributed by atoms with van der Waals surface area (Å²) in [5, 5.41) is 0. The van der Waals surface area contributed by atoms with E-state index in [9.17, 15) is 0 Å². The van der Waals surface area contributed by atoms with Gasteiger partial charge in [-0.1, -0.05) is 0 Å². The second kappa shape index (κ2) is 12.7. The minimum atomic E-state index is -6.11. The molecule has 2 atom stereocenters. The molecule has 0 aromatic heterocycles. The topological polar surface area (TPSA) is 0 Å². The van der Waals surface area contributed by atoms with E-state index in [0.29, 0.717) is 0 Å². The second-order valence-corrected chi connectivity index (χ2v) is 87.4. The fourth-order valence-electron chi connectivity index (χ4n) is 11.9. The van der Waals surface area contributed by atoms with Crippen LogP contribution in [0.1, 0.15) is 29.6 Å². The van der Waals surface area contributed by atoms with E-state index in [2.05, 4.69) is 247 Å². The van der Waals surface area contributed by atoms with Crippen LogP contribution in [0.2, 0.25) is 9.36 Å². The van der Waals surface area contributed by atoms with Gasteiger partial charge in [0, 0.05) is 0 Å². The summed E-state index contributed by atoms with van der Waals surface area (Å²) in [6, 6.07) is 77.2. The van der Waals surface area contributed by atoms with Gasteiger partial charge >= 0.3 is 342 Å². The van der Waals surface area contributed by atoms with Crippen LogP contribution >= 0.6 is 0 Å². The van der Waals surface area contributed by atoms with Crippen molar-refractivity contribution in [3.05, 3.63) is 241 Å². The van der Waals surface area contributed by atoms with Gasteiger partial charge in [-0.2, -0.15) is 0 Å².